The van der Waals surface area contributed by atoms with Crippen LogP contribution in [0.25, 0.3) is 0 Å². The summed E-state index contributed by atoms with van der Waals surface area (Å²) in [4.78, 5) is 34.1. The number of carbonyl (C=O) groups is 3. The van der Waals surface area contributed by atoms with Gasteiger partial charge in [0.25, 0.3) is 0 Å². The predicted molar refractivity (Wildman–Crippen MR) is 67.9 cm³/mol. The Morgan fingerprint density at radius 2 is 2.00 bits per heavy atom. The number of fused-ring (bicyclic) bond motifs is 1. The fourth-order valence-electron chi connectivity index (χ4n) is 3.07. The lowest BCUT2D eigenvalue weighted by molar-refractivity contribution is -0.161. The van der Waals surface area contributed by atoms with E-state index < -0.39 is 42.3 Å². The van der Waals surface area contributed by atoms with Gasteiger partial charge in [0.05, 0.1) is 12.0 Å². The molecule has 0 bridgehead atoms. The Morgan fingerprint density at radius 3 is 2.52 bits per heavy atom. The number of hydrogen-bond acceptors (Lipinski definition) is 7. The van der Waals surface area contributed by atoms with Crippen LogP contribution >= 0.6 is 0 Å². The summed E-state index contributed by atoms with van der Waals surface area (Å²) >= 11 is 0. The van der Waals surface area contributed by atoms with Gasteiger partial charge in [0, 0.05) is 5.92 Å². The molecular formula is C13H19NO7. The predicted octanol–water partition coefficient (Wildman–Crippen LogP) is 0.487. The van der Waals surface area contributed by atoms with Gasteiger partial charge in [-0.25, -0.2) is 9.59 Å². The monoisotopic (exact) mass is 301 g/mol. The molecule has 2 fully saturated rings. The summed E-state index contributed by atoms with van der Waals surface area (Å²) in [6.45, 7) is 2.71. The van der Waals surface area contributed by atoms with Crippen LogP contribution in [0.3, 0.4) is 0 Å². The molecule has 2 aliphatic carbocycles. The van der Waals surface area contributed by atoms with Crippen LogP contribution in [0, 0.1) is 17.8 Å². The zero-order chi connectivity index (χ0) is 15.8. The lowest BCUT2D eigenvalue weighted by atomic mass is 9.92. The Hall–Kier alpha value is -1.83. The van der Waals surface area contributed by atoms with E-state index >= 15 is 0 Å². The van der Waals surface area contributed by atoms with Crippen molar-refractivity contribution < 1.29 is 33.7 Å². The molecule has 0 aliphatic heterocycles. The third-order valence-corrected chi connectivity index (χ3v) is 4.02. The highest BCUT2D eigenvalue weighted by atomic mass is 16.8. The van der Waals surface area contributed by atoms with Gasteiger partial charge in [0.2, 0.25) is 6.79 Å². The van der Waals surface area contributed by atoms with E-state index in [4.69, 9.17) is 20.3 Å². The number of carboxylic acids is 1. The molecule has 0 heterocycles. The van der Waals surface area contributed by atoms with E-state index in [1.54, 1.807) is 13.8 Å². The zero-order valence-electron chi connectivity index (χ0n) is 11.9. The molecule has 0 saturated heterocycles. The molecule has 0 radical (unpaired) electrons. The number of aliphatic carboxylic acids is 1. The largest absolute Gasteiger partial charge is 0.511 e. The molecule has 0 aromatic rings. The summed E-state index contributed by atoms with van der Waals surface area (Å²) < 4.78 is 14.1. The highest BCUT2D eigenvalue weighted by Gasteiger charge is 2.70. The van der Waals surface area contributed by atoms with Crippen molar-refractivity contribution in [3.8, 4) is 0 Å². The highest BCUT2D eigenvalue weighted by molar-refractivity contribution is 5.86. The second-order valence-electron chi connectivity index (χ2n) is 5.74. The van der Waals surface area contributed by atoms with E-state index in [0.717, 1.165) is 0 Å². The molecule has 0 amide bonds. The highest BCUT2D eigenvalue weighted by Crippen LogP contribution is 2.61. The number of esters is 1. The molecule has 0 unspecified atom stereocenters. The quantitative estimate of drug-likeness (QED) is 0.555. The van der Waals surface area contributed by atoms with Crippen LogP contribution in [-0.4, -0.2) is 41.6 Å². The number of carbonyl (C=O) groups excluding carboxylic acids is 2. The van der Waals surface area contributed by atoms with Crippen molar-refractivity contribution in [1.82, 2.24) is 0 Å². The van der Waals surface area contributed by atoms with Crippen LogP contribution in [0.4, 0.5) is 4.79 Å². The first-order chi connectivity index (χ1) is 9.77. The first-order valence-electron chi connectivity index (χ1n) is 6.79. The average molecular weight is 301 g/mol. The van der Waals surface area contributed by atoms with Crippen molar-refractivity contribution in [2.24, 2.45) is 23.5 Å². The van der Waals surface area contributed by atoms with E-state index in [9.17, 15) is 14.4 Å². The molecule has 0 spiro atoms. The van der Waals surface area contributed by atoms with E-state index in [0.29, 0.717) is 12.8 Å². The third-order valence-electron chi connectivity index (χ3n) is 4.02. The Kier molecular flexibility index (Phi) is 4.08. The molecule has 0 aromatic heterocycles. The minimum atomic E-state index is -1.31. The summed E-state index contributed by atoms with van der Waals surface area (Å²) in [5.41, 5.74) is 4.70. The summed E-state index contributed by atoms with van der Waals surface area (Å²) in [7, 11) is 0. The van der Waals surface area contributed by atoms with Gasteiger partial charge in [-0.2, -0.15) is 0 Å². The van der Waals surface area contributed by atoms with Crippen LogP contribution in [-0.2, 0) is 23.8 Å². The molecule has 3 N–H and O–H groups in total. The molecule has 8 heteroatoms. The maximum absolute atomic E-state index is 12.0. The van der Waals surface area contributed by atoms with E-state index in [2.05, 4.69) is 4.74 Å². The lowest BCUT2D eigenvalue weighted by Gasteiger charge is -2.24. The minimum Gasteiger partial charge on any atom is -0.481 e. The van der Waals surface area contributed by atoms with Gasteiger partial charge < -0.3 is 25.1 Å². The number of ether oxygens (including phenoxy) is 3. The fourth-order valence-corrected chi connectivity index (χ4v) is 3.07. The topological polar surface area (TPSA) is 125 Å². The van der Waals surface area contributed by atoms with E-state index in [-0.39, 0.29) is 12.0 Å². The summed E-state index contributed by atoms with van der Waals surface area (Å²) in [6, 6.07) is 0. The number of nitrogens with two attached hydrogens (primary N) is 1. The third kappa shape index (κ3) is 2.94. The molecule has 2 rings (SSSR count). The van der Waals surface area contributed by atoms with Crippen LogP contribution < -0.4 is 5.73 Å². The molecule has 0 aromatic carbocycles. The van der Waals surface area contributed by atoms with Crippen molar-refractivity contribution >= 4 is 18.1 Å². The first-order valence-corrected chi connectivity index (χ1v) is 6.79. The molecule has 2 aliphatic rings. The fraction of sp³-hybridized carbons (Fsp3) is 0.769. The molecule has 4 atom stereocenters. The van der Waals surface area contributed by atoms with Crippen molar-refractivity contribution in [3.63, 3.8) is 0 Å². The summed E-state index contributed by atoms with van der Waals surface area (Å²) in [6.07, 6.45) is -0.319. The Balaban J connectivity index is 1.81. The molecule has 2 saturated carbocycles. The Labute approximate surface area is 121 Å². The van der Waals surface area contributed by atoms with Crippen LogP contribution in [0.2, 0.25) is 0 Å². The van der Waals surface area contributed by atoms with Crippen LogP contribution in [0.15, 0.2) is 0 Å². The van der Waals surface area contributed by atoms with Crippen LogP contribution in [0.1, 0.15) is 26.7 Å². The minimum absolute atomic E-state index is 0.0631. The van der Waals surface area contributed by atoms with Crippen molar-refractivity contribution in [3.05, 3.63) is 0 Å². The van der Waals surface area contributed by atoms with Gasteiger partial charge in [-0.05, 0) is 32.6 Å². The number of rotatable bonds is 5. The van der Waals surface area contributed by atoms with E-state index in [1.165, 1.54) is 0 Å². The van der Waals surface area contributed by atoms with Gasteiger partial charge >= 0.3 is 18.1 Å². The smallest absolute Gasteiger partial charge is 0.481 e. The standard InChI is InChI=1S/C13H19NO7/c1-6(2)21-12(18)20-5-19-11(17)13(14)4-3-7-8(9(7)13)10(15)16/h6-9H,3-5,14H2,1-2H3,(H,15,16)/t7-,8-,9-,13-/m0/s1. The van der Waals surface area contributed by atoms with E-state index in [1.807, 2.05) is 0 Å². The van der Waals surface area contributed by atoms with Gasteiger partial charge in [-0.15, -0.1) is 0 Å². The number of carboxylic acid groups (broad SMARTS) is 1. The van der Waals surface area contributed by atoms with Gasteiger partial charge in [0.15, 0.2) is 0 Å². The summed E-state index contributed by atoms with van der Waals surface area (Å²) in [5.74, 6) is -2.72. The Bertz CT molecular complexity index is 463. The second-order valence-corrected chi connectivity index (χ2v) is 5.74. The molecule has 8 nitrogen and oxygen atoms in total. The van der Waals surface area contributed by atoms with Crippen LogP contribution in [0.5, 0.6) is 0 Å². The SMILES string of the molecule is CC(C)OC(=O)OCOC(=O)[C@]1(N)CC[C@H]2[C@H](C(=O)O)[C@H]21. The average Bonchev–Trinajstić information content (AvgIpc) is 3.01. The maximum Gasteiger partial charge on any atom is 0.511 e. The van der Waals surface area contributed by atoms with Gasteiger partial charge in [-0.1, -0.05) is 0 Å². The molecular weight excluding hydrogens is 282 g/mol. The van der Waals surface area contributed by atoms with Gasteiger partial charge in [0.1, 0.15) is 5.54 Å². The summed E-state index contributed by atoms with van der Waals surface area (Å²) in [5, 5.41) is 9.01. The normalized spacial score (nSPS) is 33.2. The molecule has 118 valence electrons. The first kappa shape index (κ1) is 15.6. The number of hydrogen-bond donors (Lipinski definition) is 2. The van der Waals surface area contributed by atoms with Crippen molar-refractivity contribution in [2.75, 3.05) is 6.79 Å². The Morgan fingerprint density at radius 1 is 1.33 bits per heavy atom. The second kappa shape index (κ2) is 5.51. The maximum atomic E-state index is 12.0. The lowest BCUT2D eigenvalue weighted by Crippen LogP contribution is -2.50. The van der Waals surface area contributed by atoms with Crippen molar-refractivity contribution in [1.29, 1.82) is 0 Å². The van der Waals surface area contributed by atoms with Gasteiger partial charge in [-0.3, -0.25) is 4.79 Å². The van der Waals surface area contributed by atoms with Crippen molar-refractivity contribution in [2.45, 2.75) is 38.3 Å². The molecule has 21 heavy (non-hydrogen) atoms. The zero-order valence-corrected chi connectivity index (χ0v) is 11.9.